The Morgan fingerprint density at radius 3 is 2.88 bits per heavy atom. The van der Waals surface area contributed by atoms with Gasteiger partial charge in [-0.25, -0.2) is 0 Å². The Labute approximate surface area is 113 Å². The maximum atomic E-state index is 10.6. The standard InChI is InChI=1S/C11H13IN2O3/c1-11(4-5-17-7-11)13-10-3-2-8(14(15)16)6-9(10)12/h2-3,6,13H,4-5,7H2,1H3. The number of nitro benzene ring substituents is 1. The molecule has 0 saturated carbocycles. The highest BCUT2D eigenvalue weighted by atomic mass is 127. The smallest absolute Gasteiger partial charge is 0.270 e. The molecule has 1 aliphatic heterocycles. The Hall–Kier alpha value is -0.890. The normalized spacial score (nSPS) is 23.6. The molecule has 6 heteroatoms. The summed E-state index contributed by atoms with van der Waals surface area (Å²) in [5, 5.41) is 14.0. The number of benzene rings is 1. The fourth-order valence-corrected chi connectivity index (χ4v) is 2.44. The Kier molecular flexibility index (Phi) is 3.53. The lowest BCUT2D eigenvalue weighted by molar-refractivity contribution is -0.384. The first-order valence-electron chi connectivity index (χ1n) is 5.30. The van der Waals surface area contributed by atoms with Gasteiger partial charge >= 0.3 is 0 Å². The topological polar surface area (TPSA) is 64.4 Å². The van der Waals surface area contributed by atoms with E-state index in [2.05, 4.69) is 34.8 Å². The Bertz CT molecular complexity index is 444. The minimum atomic E-state index is -0.383. The van der Waals surface area contributed by atoms with Crippen LogP contribution in [0.1, 0.15) is 13.3 Å². The summed E-state index contributed by atoms with van der Waals surface area (Å²) in [6.45, 7) is 3.52. The Balaban J connectivity index is 2.19. The van der Waals surface area contributed by atoms with E-state index in [-0.39, 0.29) is 16.1 Å². The SMILES string of the molecule is CC1(Nc2ccc([N+](=O)[O-])cc2I)CCOC1. The van der Waals surface area contributed by atoms with Crippen molar-refractivity contribution in [1.82, 2.24) is 0 Å². The molecule has 17 heavy (non-hydrogen) atoms. The van der Waals surface area contributed by atoms with Crippen LogP contribution in [0, 0.1) is 13.7 Å². The van der Waals surface area contributed by atoms with E-state index < -0.39 is 0 Å². The molecule has 0 radical (unpaired) electrons. The molecule has 92 valence electrons. The summed E-state index contributed by atoms with van der Waals surface area (Å²) in [7, 11) is 0. The fraction of sp³-hybridized carbons (Fsp3) is 0.455. The average molecular weight is 348 g/mol. The van der Waals surface area contributed by atoms with E-state index in [1.165, 1.54) is 6.07 Å². The molecule has 1 heterocycles. The number of anilines is 1. The zero-order valence-electron chi connectivity index (χ0n) is 9.40. The monoisotopic (exact) mass is 348 g/mol. The van der Waals surface area contributed by atoms with Gasteiger partial charge in [-0.3, -0.25) is 10.1 Å². The molecule has 0 bridgehead atoms. The van der Waals surface area contributed by atoms with Crippen LogP contribution in [0.4, 0.5) is 11.4 Å². The molecule has 1 unspecified atom stereocenters. The first kappa shape index (κ1) is 12.6. The molecular weight excluding hydrogens is 335 g/mol. The minimum absolute atomic E-state index is 0.0734. The molecule has 0 spiro atoms. The van der Waals surface area contributed by atoms with Crippen LogP contribution in [0.3, 0.4) is 0 Å². The highest BCUT2D eigenvalue weighted by Crippen LogP contribution is 2.29. The summed E-state index contributed by atoms with van der Waals surface area (Å²) >= 11 is 2.10. The maximum Gasteiger partial charge on any atom is 0.270 e. The average Bonchev–Trinajstić information content (AvgIpc) is 2.68. The molecule has 1 aromatic carbocycles. The molecular formula is C11H13IN2O3. The molecule has 0 amide bonds. The quantitative estimate of drug-likeness (QED) is 0.518. The van der Waals surface area contributed by atoms with Crippen molar-refractivity contribution >= 4 is 34.0 Å². The lowest BCUT2D eigenvalue weighted by Crippen LogP contribution is -2.35. The fourth-order valence-electron chi connectivity index (χ4n) is 1.81. The van der Waals surface area contributed by atoms with Crippen molar-refractivity contribution in [3.05, 3.63) is 31.9 Å². The molecule has 1 N–H and O–H groups in total. The van der Waals surface area contributed by atoms with Crippen molar-refractivity contribution < 1.29 is 9.66 Å². The third-order valence-electron chi connectivity index (χ3n) is 2.82. The highest BCUT2D eigenvalue weighted by Gasteiger charge is 2.30. The van der Waals surface area contributed by atoms with Gasteiger partial charge in [-0.15, -0.1) is 0 Å². The second kappa shape index (κ2) is 4.77. The first-order chi connectivity index (χ1) is 8.00. The van der Waals surface area contributed by atoms with Crippen LogP contribution in [-0.4, -0.2) is 23.7 Å². The second-order valence-corrected chi connectivity index (χ2v) is 5.57. The number of rotatable bonds is 3. The number of hydrogen-bond acceptors (Lipinski definition) is 4. The number of halogens is 1. The molecule has 1 aromatic rings. The van der Waals surface area contributed by atoms with Crippen LogP contribution in [0.15, 0.2) is 18.2 Å². The minimum Gasteiger partial charge on any atom is -0.379 e. The van der Waals surface area contributed by atoms with Gasteiger partial charge in [0, 0.05) is 28.0 Å². The number of nitrogens with one attached hydrogen (secondary N) is 1. The van der Waals surface area contributed by atoms with E-state index in [0.29, 0.717) is 6.61 Å². The van der Waals surface area contributed by atoms with Crippen molar-refractivity contribution in [2.24, 2.45) is 0 Å². The van der Waals surface area contributed by atoms with E-state index in [4.69, 9.17) is 4.74 Å². The van der Waals surface area contributed by atoms with Gasteiger partial charge in [-0.2, -0.15) is 0 Å². The van der Waals surface area contributed by atoms with Gasteiger partial charge in [0.05, 0.1) is 17.1 Å². The molecule has 1 aliphatic rings. The van der Waals surface area contributed by atoms with Crippen LogP contribution in [0.2, 0.25) is 0 Å². The van der Waals surface area contributed by atoms with E-state index in [1.54, 1.807) is 12.1 Å². The van der Waals surface area contributed by atoms with Crippen LogP contribution >= 0.6 is 22.6 Å². The third kappa shape index (κ3) is 2.86. The first-order valence-corrected chi connectivity index (χ1v) is 6.38. The van der Waals surface area contributed by atoms with E-state index in [9.17, 15) is 10.1 Å². The lowest BCUT2D eigenvalue weighted by atomic mass is 10.0. The Morgan fingerprint density at radius 2 is 2.35 bits per heavy atom. The predicted molar refractivity (Wildman–Crippen MR) is 73.3 cm³/mol. The van der Waals surface area contributed by atoms with Gasteiger partial charge in [0.15, 0.2) is 0 Å². The number of ether oxygens (including phenoxy) is 1. The predicted octanol–water partition coefficient (Wildman–Crippen LogP) is 2.79. The number of non-ortho nitro benzene ring substituents is 1. The zero-order chi connectivity index (χ0) is 12.5. The van der Waals surface area contributed by atoms with Crippen LogP contribution in [0.5, 0.6) is 0 Å². The molecule has 2 rings (SSSR count). The van der Waals surface area contributed by atoms with Crippen molar-refractivity contribution in [2.75, 3.05) is 18.5 Å². The summed E-state index contributed by atoms with van der Waals surface area (Å²) in [5.41, 5.74) is 0.966. The molecule has 1 atom stereocenters. The molecule has 0 aliphatic carbocycles. The highest BCUT2D eigenvalue weighted by molar-refractivity contribution is 14.1. The van der Waals surface area contributed by atoms with Gasteiger partial charge in [0.2, 0.25) is 0 Å². The van der Waals surface area contributed by atoms with E-state index in [0.717, 1.165) is 22.3 Å². The van der Waals surface area contributed by atoms with Gasteiger partial charge in [0.1, 0.15) is 0 Å². The molecule has 1 saturated heterocycles. The molecule has 1 fully saturated rings. The van der Waals surface area contributed by atoms with Crippen molar-refractivity contribution in [1.29, 1.82) is 0 Å². The van der Waals surface area contributed by atoms with Gasteiger partial charge in [-0.1, -0.05) is 0 Å². The third-order valence-corrected chi connectivity index (χ3v) is 3.71. The summed E-state index contributed by atoms with van der Waals surface area (Å²) < 4.78 is 6.21. The van der Waals surface area contributed by atoms with Crippen LogP contribution in [0.25, 0.3) is 0 Å². The van der Waals surface area contributed by atoms with Crippen molar-refractivity contribution in [3.8, 4) is 0 Å². The van der Waals surface area contributed by atoms with Gasteiger partial charge in [-0.05, 0) is 42.0 Å². The summed E-state index contributed by atoms with van der Waals surface area (Å²) in [6.07, 6.45) is 0.945. The maximum absolute atomic E-state index is 10.6. The van der Waals surface area contributed by atoms with Crippen molar-refractivity contribution in [3.63, 3.8) is 0 Å². The molecule has 5 nitrogen and oxygen atoms in total. The Morgan fingerprint density at radius 1 is 1.59 bits per heavy atom. The summed E-state index contributed by atoms with van der Waals surface area (Å²) in [6, 6.07) is 4.84. The largest absolute Gasteiger partial charge is 0.379 e. The lowest BCUT2D eigenvalue weighted by Gasteiger charge is -2.25. The number of nitrogens with zero attached hydrogens (tertiary/aromatic N) is 1. The number of nitro groups is 1. The number of hydrogen-bond donors (Lipinski definition) is 1. The van der Waals surface area contributed by atoms with E-state index in [1.807, 2.05) is 0 Å². The molecule has 0 aromatic heterocycles. The summed E-state index contributed by atoms with van der Waals surface area (Å²) in [5.74, 6) is 0. The van der Waals surface area contributed by atoms with Crippen molar-refractivity contribution in [2.45, 2.75) is 18.9 Å². The van der Waals surface area contributed by atoms with Gasteiger partial charge < -0.3 is 10.1 Å². The van der Waals surface area contributed by atoms with E-state index >= 15 is 0 Å². The zero-order valence-corrected chi connectivity index (χ0v) is 11.6. The second-order valence-electron chi connectivity index (χ2n) is 4.41. The van der Waals surface area contributed by atoms with Gasteiger partial charge in [0.25, 0.3) is 5.69 Å². The van der Waals surface area contributed by atoms with Crippen LogP contribution in [-0.2, 0) is 4.74 Å². The van der Waals surface area contributed by atoms with Crippen LogP contribution < -0.4 is 5.32 Å². The summed E-state index contributed by atoms with van der Waals surface area (Å²) in [4.78, 5) is 10.3.